The zero-order valence-electron chi connectivity index (χ0n) is 15.4. The van der Waals surface area contributed by atoms with Crippen LogP contribution < -0.4 is 0 Å². The molecule has 134 valence electrons. The summed E-state index contributed by atoms with van der Waals surface area (Å²) in [6, 6.07) is 12.3. The molecule has 26 heavy (non-hydrogen) atoms. The van der Waals surface area contributed by atoms with E-state index in [0.29, 0.717) is 18.7 Å². The molecule has 0 saturated heterocycles. The van der Waals surface area contributed by atoms with Crippen molar-refractivity contribution in [2.24, 2.45) is 0 Å². The molecule has 0 aliphatic carbocycles. The number of halogens is 1. The number of nitrogens with zero attached hydrogens (tertiary/aromatic N) is 1. The summed E-state index contributed by atoms with van der Waals surface area (Å²) in [5.74, 6) is -0.370. The van der Waals surface area contributed by atoms with Crippen molar-refractivity contribution in [2.45, 2.75) is 39.2 Å². The number of fused-ring (bicyclic) bond motifs is 3. The highest BCUT2D eigenvalue weighted by atomic mass is 19.1. The van der Waals surface area contributed by atoms with Crippen LogP contribution in [0.5, 0.6) is 0 Å². The fourth-order valence-electron chi connectivity index (χ4n) is 3.63. The van der Waals surface area contributed by atoms with Crippen LogP contribution in [0.1, 0.15) is 48.0 Å². The predicted octanol–water partition coefficient (Wildman–Crippen LogP) is 4.80. The first-order chi connectivity index (χ1) is 12.3. The minimum atomic E-state index is -0.325. The number of hydrogen-bond acceptors (Lipinski definition) is 1. The van der Waals surface area contributed by atoms with Gasteiger partial charge in [-0.15, -0.1) is 0 Å². The standard InChI is InChI=1S/C22H23FN2O/c1-22(2,3)15-6-9-19-17(12-15)18-13-25(11-10-20(18)24-19)21(26)14-4-7-16(23)8-5-14/h4-9,12,24H,10-11,13H2,1-3H3. The number of amides is 1. The Hall–Kier alpha value is -2.62. The smallest absolute Gasteiger partial charge is 0.254 e. The molecule has 2 aromatic carbocycles. The van der Waals surface area contributed by atoms with Gasteiger partial charge in [-0.05, 0) is 47.4 Å². The number of benzene rings is 2. The molecule has 2 heterocycles. The lowest BCUT2D eigenvalue weighted by Gasteiger charge is -2.27. The Kier molecular flexibility index (Phi) is 3.87. The van der Waals surface area contributed by atoms with Crippen molar-refractivity contribution in [1.29, 1.82) is 0 Å². The van der Waals surface area contributed by atoms with Gasteiger partial charge >= 0.3 is 0 Å². The van der Waals surface area contributed by atoms with Crippen molar-refractivity contribution in [1.82, 2.24) is 9.88 Å². The largest absolute Gasteiger partial charge is 0.358 e. The van der Waals surface area contributed by atoms with Crippen LogP contribution in [-0.4, -0.2) is 22.3 Å². The lowest BCUT2D eigenvalue weighted by Crippen LogP contribution is -2.35. The number of H-pyrrole nitrogens is 1. The maximum absolute atomic E-state index is 13.1. The molecule has 3 nitrogen and oxygen atoms in total. The van der Waals surface area contributed by atoms with Crippen LogP contribution >= 0.6 is 0 Å². The van der Waals surface area contributed by atoms with Crippen molar-refractivity contribution < 1.29 is 9.18 Å². The number of carbonyl (C=O) groups is 1. The van der Waals surface area contributed by atoms with Gasteiger partial charge in [0.15, 0.2) is 0 Å². The maximum Gasteiger partial charge on any atom is 0.254 e. The molecule has 0 bridgehead atoms. The van der Waals surface area contributed by atoms with E-state index < -0.39 is 0 Å². The third kappa shape index (κ3) is 2.90. The summed E-state index contributed by atoms with van der Waals surface area (Å²) < 4.78 is 13.1. The number of hydrogen-bond donors (Lipinski definition) is 1. The second-order valence-electron chi connectivity index (χ2n) is 8.08. The lowest BCUT2D eigenvalue weighted by molar-refractivity contribution is 0.0735. The molecule has 0 saturated carbocycles. The predicted molar refractivity (Wildman–Crippen MR) is 102 cm³/mol. The zero-order valence-corrected chi connectivity index (χ0v) is 15.4. The maximum atomic E-state index is 13.1. The monoisotopic (exact) mass is 350 g/mol. The van der Waals surface area contributed by atoms with Gasteiger partial charge in [0.05, 0.1) is 0 Å². The van der Waals surface area contributed by atoms with E-state index in [1.165, 1.54) is 34.3 Å². The van der Waals surface area contributed by atoms with Gasteiger partial charge in [0, 0.05) is 47.2 Å². The first-order valence-corrected chi connectivity index (χ1v) is 9.02. The minimum Gasteiger partial charge on any atom is -0.358 e. The highest BCUT2D eigenvalue weighted by molar-refractivity contribution is 5.95. The third-order valence-electron chi connectivity index (χ3n) is 5.22. The number of carbonyl (C=O) groups excluding carboxylic acids is 1. The van der Waals surface area contributed by atoms with Gasteiger partial charge in [0.1, 0.15) is 5.82 Å². The van der Waals surface area contributed by atoms with Crippen LogP contribution in [0.15, 0.2) is 42.5 Å². The Bertz CT molecular complexity index is 980. The molecule has 0 radical (unpaired) electrons. The van der Waals surface area contributed by atoms with Crippen LogP contribution in [0.4, 0.5) is 4.39 Å². The van der Waals surface area contributed by atoms with Gasteiger partial charge in [-0.25, -0.2) is 4.39 Å². The summed E-state index contributed by atoms with van der Waals surface area (Å²) in [7, 11) is 0. The molecule has 3 aromatic rings. The molecule has 1 N–H and O–H groups in total. The minimum absolute atomic E-state index is 0.0445. The molecule has 4 heteroatoms. The number of rotatable bonds is 1. The highest BCUT2D eigenvalue weighted by Crippen LogP contribution is 2.32. The normalized spacial score (nSPS) is 14.5. The van der Waals surface area contributed by atoms with E-state index in [2.05, 4.69) is 44.0 Å². The second-order valence-corrected chi connectivity index (χ2v) is 8.08. The van der Waals surface area contributed by atoms with Crippen LogP contribution in [0, 0.1) is 5.82 Å². The topological polar surface area (TPSA) is 36.1 Å². The van der Waals surface area contributed by atoms with Crippen LogP contribution in [0.3, 0.4) is 0 Å². The summed E-state index contributed by atoms with van der Waals surface area (Å²) in [6.07, 6.45) is 0.807. The quantitative estimate of drug-likeness (QED) is 0.672. The van der Waals surface area contributed by atoms with Gasteiger partial charge in [-0.1, -0.05) is 26.8 Å². The Labute approximate surface area is 152 Å². The van der Waals surface area contributed by atoms with E-state index in [4.69, 9.17) is 0 Å². The number of nitrogens with one attached hydrogen (secondary N) is 1. The van der Waals surface area contributed by atoms with Crippen LogP contribution in [0.25, 0.3) is 10.9 Å². The van der Waals surface area contributed by atoms with E-state index >= 15 is 0 Å². The number of aromatic amines is 1. The Morgan fingerprint density at radius 2 is 1.85 bits per heavy atom. The van der Waals surface area contributed by atoms with E-state index in [1.807, 2.05) is 4.90 Å². The van der Waals surface area contributed by atoms with Gasteiger partial charge in [-0.3, -0.25) is 4.79 Å². The van der Waals surface area contributed by atoms with Gasteiger partial charge in [0.2, 0.25) is 0 Å². The number of aromatic nitrogens is 1. The summed E-state index contributed by atoms with van der Waals surface area (Å²) >= 11 is 0. The first kappa shape index (κ1) is 16.8. The summed E-state index contributed by atoms with van der Waals surface area (Å²) in [5, 5.41) is 1.20. The molecule has 0 fully saturated rings. The molecule has 1 aromatic heterocycles. The Balaban J connectivity index is 1.69. The lowest BCUT2D eigenvalue weighted by atomic mass is 9.86. The molecule has 0 atom stereocenters. The molecule has 0 unspecified atom stereocenters. The van der Waals surface area contributed by atoms with Crippen molar-refractivity contribution >= 4 is 16.8 Å². The van der Waals surface area contributed by atoms with Crippen LogP contribution in [-0.2, 0) is 18.4 Å². The Morgan fingerprint density at radius 1 is 1.12 bits per heavy atom. The van der Waals surface area contributed by atoms with E-state index in [1.54, 1.807) is 12.1 Å². The van der Waals surface area contributed by atoms with Crippen molar-refractivity contribution in [3.63, 3.8) is 0 Å². The van der Waals surface area contributed by atoms with Crippen LogP contribution in [0.2, 0.25) is 0 Å². The molecule has 1 aliphatic rings. The van der Waals surface area contributed by atoms with E-state index in [-0.39, 0.29) is 17.1 Å². The average molecular weight is 350 g/mol. The summed E-state index contributed by atoms with van der Waals surface area (Å²) in [6.45, 7) is 7.87. The fourth-order valence-corrected chi connectivity index (χ4v) is 3.63. The third-order valence-corrected chi connectivity index (χ3v) is 5.22. The van der Waals surface area contributed by atoms with Gasteiger partial charge in [-0.2, -0.15) is 0 Å². The van der Waals surface area contributed by atoms with Crippen molar-refractivity contribution in [3.05, 3.63) is 70.7 Å². The van der Waals surface area contributed by atoms with Crippen molar-refractivity contribution in [2.75, 3.05) is 6.54 Å². The molecular formula is C22H23FN2O. The SMILES string of the molecule is CC(C)(C)c1ccc2[nH]c3c(c2c1)CN(C(=O)c1ccc(F)cc1)CC3. The fraction of sp³-hybridized carbons (Fsp3) is 0.318. The second kappa shape index (κ2) is 5.97. The summed E-state index contributed by atoms with van der Waals surface area (Å²) in [4.78, 5) is 18.2. The van der Waals surface area contributed by atoms with Gasteiger partial charge < -0.3 is 9.88 Å². The molecule has 1 aliphatic heterocycles. The molecule has 1 amide bonds. The van der Waals surface area contributed by atoms with E-state index in [9.17, 15) is 9.18 Å². The average Bonchev–Trinajstić information content (AvgIpc) is 2.98. The molecule has 4 rings (SSSR count). The highest BCUT2D eigenvalue weighted by Gasteiger charge is 2.25. The van der Waals surface area contributed by atoms with E-state index in [0.717, 1.165) is 11.9 Å². The first-order valence-electron chi connectivity index (χ1n) is 9.02. The molecular weight excluding hydrogens is 327 g/mol. The molecule has 0 spiro atoms. The zero-order chi connectivity index (χ0) is 18.5. The van der Waals surface area contributed by atoms with Gasteiger partial charge in [0.25, 0.3) is 5.91 Å². The summed E-state index contributed by atoms with van der Waals surface area (Å²) in [5.41, 5.74) is 5.44. The Morgan fingerprint density at radius 3 is 2.54 bits per heavy atom. The van der Waals surface area contributed by atoms with Crippen molar-refractivity contribution in [3.8, 4) is 0 Å².